The molecule has 5 nitrogen and oxygen atoms in total. The number of ether oxygens (including phenoxy) is 1. The number of rotatable bonds is 8. The molecule has 0 bridgehead atoms. The molecule has 0 aromatic heterocycles. The zero-order valence-electron chi connectivity index (χ0n) is 18.3. The smallest absolute Gasteiger partial charge is 0.261 e. The highest BCUT2D eigenvalue weighted by atomic mass is 79.9. The van der Waals surface area contributed by atoms with Crippen molar-refractivity contribution in [2.24, 2.45) is 0 Å². The van der Waals surface area contributed by atoms with Gasteiger partial charge in [0, 0.05) is 26.6 Å². The van der Waals surface area contributed by atoms with E-state index in [1.807, 2.05) is 27.7 Å². The number of hydrogen-bond acceptors (Lipinski definition) is 3. The van der Waals surface area contributed by atoms with E-state index in [4.69, 9.17) is 39.5 Å². The predicted molar refractivity (Wildman–Crippen MR) is 134 cm³/mol. The molecule has 174 valence electrons. The van der Waals surface area contributed by atoms with Gasteiger partial charge in [-0.1, -0.05) is 63.7 Å². The summed E-state index contributed by atoms with van der Waals surface area (Å²) >= 11 is 21.9. The van der Waals surface area contributed by atoms with Crippen LogP contribution in [-0.4, -0.2) is 34.9 Å². The van der Waals surface area contributed by atoms with E-state index in [0.29, 0.717) is 32.8 Å². The van der Waals surface area contributed by atoms with Gasteiger partial charge in [-0.25, -0.2) is 0 Å². The van der Waals surface area contributed by atoms with E-state index in [9.17, 15) is 9.59 Å². The number of amides is 2. The van der Waals surface area contributed by atoms with Crippen LogP contribution in [0, 0.1) is 0 Å². The van der Waals surface area contributed by atoms with Crippen LogP contribution in [-0.2, 0) is 16.1 Å². The topological polar surface area (TPSA) is 58.6 Å². The molecule has 0 aliphatic rings. The Balaban J connectivity index is 2.30. The summed E-state index contributed by atoms with van der Waals surface area (Å²) in [6.07, 6.45) is 0.415. The maximum Gasteiger partial charge on any atom is 0.261 e. The maximum absolute atomic E-state index is 13.2. The van der Waals surface area contributed by atoms with Crippen molar-refractivity contribution < 1.29 is 14.3 Å². The monoisotopic (exact) mass is 562 g/mol. The van der Waals surface area contributed by atoms with Crippen molar-refractivity contribution in [3.63, 3.8) is 0 Å². The minimum absolute atomic E-state index is 0.127. The van der Waals surface area contributed by atoms with Crippen molar-refractivity contribution in [2.75, 3.05) is 6.61 Å². The molecule has 2 aromatic carbocycles. The lowest BCUT2D eigenvalue weighted by Crippen LogP contribution is -2.54. The highest BCUT2D eigenvalue weighted by Crippen LogP contribution is 2.28. The molecule has 0 aliphatic heterocycles. The SMILES string of the molecule is CC[C@@H](C(=O)NC(C)(C)C)N(Cc1ccc(Cl)cc1Cl)C(=O)COc1ccc(Br)cc1Cl. The van der Waals surface area contributed by atoms with Crippen molar-refractivity contribution in [1.82, 2.24) is 10.2 Å². The molecule has 0 saturated heterocycles. The third-order valence-electron chi connectivity index (χ3n) is 4.48. The van der Waals surface area contributed by atoms with Crippen LogP contribution in [0.2, 0.25) is 15.1 Å². The van der Waals surface area contributed by atoms with E-state index in [-0.39, 0.29) is 25.0 Å². The summed E-state index contributed by atoms with van der Waals surface area (Å²) in [5.41, 5.74) is 0.228. The largest absolute Gasteiger partial charge is 0.482 e. The Morgan fingerprint density at radius 2 is 1.78 bits per heavy atom. The molecule has 0 fully saturated rings. The maximum atomic E-state index is 13.2. The molecule has 0 heterocycles. The molecular weight excluding hydrogens is 539 g/mol. The molecule has 2 rings (SSSR count). The van der Waals surface area contributed by atoms with Gasteiger partial charge in [-0.05, 0) is 63.1 Å². The average Bonchev–Trinajstić information content (AvgIpc) is 2.67. The first-order valence-corrected chi connectivity index (χ1v) is 12.0. The van der Waals surface area contributed by atoms with Crippen LogP contribution < -0.4 is 10.1 Å². The average molecular weight is 565 g/mol. The van der Waals surface area contributed by atoms with Gasteiger partial charge in [0.1, 0.15) is 11.8 Å². The third kappa shape index (κ3) is 7.84. The molecule has 0 spiro atoms. The highest BCUT2D eigenvalue weighted by molar-refractivity contribution is 9.10. The molecule has 0 radical (unpaired) electrons. The molecule has 0 aliphatic carbocycles. The van der Waals surface area contributed by atoms with Crippen molar-refractivity contribution in [2.45, 2.75) is 52.2 Å². The summed E-state index contributed by atoms with van der Waals surface area (Å²) in [5.74, 6) is -0.245. The molecule has 0 saturated carbocycles. The van der Waals surface area contributed by atoms with Gasteiger partial charge in [-0.2, -0.15) is 0 Å². The number of nitrogens with one attached hydrogen (secondary N) is 1. The van der Waals surface area contributed by atoms with Crippen molar-refractivity contribution in [3.8, 4) is 5.75 Å². The molecule has 32 heavy (non-hydrogen) atoms. The number of benzene rings is 2. The van der Waals surface area contributed by atoms with E-state index < -0.39 is 11.6 Å². The van der Waals surface area contributed by atoms with E-state index in [0.717, 1.165) is 4.47 Å². The molecule has 0 unspecified atom stereocenters. The van der Waals surface area contributed by atoms with Crippen molar-refractivity contribution in [1.29, 1.82) is 0 Å². The fraction of sp³-hybridized carbons (Fsp3) is 0.391. The first kappa shape index (κ1) is 26.8. The Kier molecular flexibility index (Phi) is 9.70. The number of carbonyl (C=O) groups is 2. The predicted octanol–water partition coefficient (Wildman–Crippen LogP) is 6.51. The summed E-state index contributed by atoms with van der Waals surface area (Å²) < 4.78 is 6.46. The van der Waals surface area contributed by atoms with E-state index in [1.54, 1.807) is 36.4 Å². The standard InChI is InChI=1S/C23H26BrCl3N2O3/c1-5-19(22(31)28-23(2,3)4)29(12-14-6-8-16(25)11-17(14)26)21(30)13-32-20-9-7-15(24)10-18(20)27/h6-11,19H,5,12-13H2,1-4H3,(H,28,31)/t19-/m0/s1. The van der Waals surface area contributed by atoms with Crippen LogP contribution in [0.1, 0.15) is 39.7 Å². The number of hydrogen-bond donors (Lipinski definition) is 1. The fourth-order valence-electron chi connectivity index (χ4n) is 3.02. The Morgan fingerprint density at radius 1 is 1.09 bits per heavy atom. The minimum Gasteiger partial charge on any atom is -0.482 e. The van der Waals surface area contributed by atoms with Crippen molar-refractivity contribution in [3.05, 3.63) is 61.5 Å². The second kappa shape index (κ2) is 11.6. The van der Waals surface area contributed by atoms with Gasteiger partial charge < -0.3 is 15.0 Å². The summed E-state index contributed by atoms with van der Waals surface area (Å²) in [7, 11) is 0. The molecule has 2 aromatic rings. The van der Waals surface area contributed by atoms with Gasteiger partial charge in [0.15, 0.2) is 6.61 Å². The second-order valence-corrected chi connectivity index (χ2v) is 10.5. The molecular formula is C23H26BrCl3N2O3. The summed E-state index contributed by atoms with van der Waals surface area (Å²) in [4.78, 5) is 27.7. The third-order valence-corrected chi connectivity index (χ3v) is 5.86. The zero-order chi connectivity index (χ0) is 24.1. The normalized spacial score (nSPS) is 12.2. The van der Waals surface area contributed by atoms with Crippen LogP contribution in [0.3, 0.4) is 0 Å². The first-order chi connectivity index (χ1) is 14.9. The zero-order valence-corrected chi connectivity index (χ0v) is 22.2. The second-order valence-electron chi connectivity index (χ2n) is 8.28. The fourth-order valence-corrected chi connectivity index (χ4v) is 4.22. The Bertz CT molecular complexity index is 979. The van der Waals surface area contributed by atoms with Crippen molar-refractivity contribution >= 4 is 62.5 Å². The van der Waals surface area contributed by atoms with Gasteiger partial charge >= 0.3 is 0 Å². The van der Waals surface area contributed by atoms with E-state index >= 15 is 0 Å². The van der Waals surface area contributed by atoms with Gasteiger partial charge in [-0.3, -0.25) is 9.59 Å². The number of nitrogens with zero attached hydrogens (tertiary/aromatic N) is 1. The van der Waals surface area contributed by atoms with Crippen LogP contribution in [0.5, 0.6) is 5.75 Å². The van der Waals surface area contributed by atoms with Crippen LogP contribution >= 0.6 is 50.7 Å². The Morgan fingerprint density at radius 3 is 2.34 bits per heavy atom. The van der Waals surface area contributed by atoms with Gasteiger partial charge in [0.05, 0.1) is 5.02 Å². The molecule has 1 atom stereocenters. The first-order valence-electron chi connectivity index (χ1n) is 10.0. The van der Waals surface area contributed by atoms with Crippen LogP contribution in [0.25, 0.3) is 0 Å². The lowest BCUT2D eigenvalue weighted by molar-refractivity contribution is -0.143. The summed E-state index contributed by atoms with van der Waals surface area (Å²) in [6.45, 7) is 7.35. The Hall–Kier alpha value is -1.47. The van der Waals surface area contributed by atoms with E-state index in [1.165, 1.54) is 4.90 Å². The van der Waals surface area contributed by atoms with Crippen LogP contribution in [0.15, 0.2) is 40.9 Å². The van der Waals surface area contributed by atoms with Crippen LogP contribution in [0.4, 0.5) is 0 Å². The molecule has 2 amide bonds. The summed E-state index contributed by atoms with van der Waals surface area (Å²) in [5, 5.41) is 4.23. The van der Waals surface area contributed by atoms with E-state index in [2.05, 4.69) is 21.2 Å². The minimum atomic E-state index is -0.711. The van der Waals surface area contributed by atoms with Gasteiger partial charge in [0.25, 0.3) is 5.91 Å². The molecule has 1 N–H and O–H groups in total. The number of carbonyl (C=O) groups excluding carboxylic acids is 2. The van der Waals surface area contributed by atoms with Gasteiger partial charge in [0.2, 0.25) is 5.91 Å². The van der Waals surface area contributed by atoms with Gasteiger partial charge in [-0.15, -0.1) is 0 Å². The molecule has 9 heteroatoms. The lowest BCUT2D eigenvalue weighted by Gasteiger charge is -2.33. The highest BCUT2D eigenvalue weighted by Gasteiger charge is 2.31. The Labute approximate surface area is 212 Å². The number of halogens is 4. The summed E-state index contributed by atoms with van der Waals surface area (Å²) in [6, 6.07) is 9.45. The lowest BCUT2D eigenvalue weighted by atomic mass is 10.1. The quantitative estimate of drug-likeness (QED) is 0.398.